The van der Waals surface area contributed by atoms with E-state index < -0.39 is 31.3 Å². The van der Waals surface area contributed by atoms with Gasteiger partial charge in [-0.05, 0) is 36.8 Å². The summed E-state index contributed by atoms with van der Waals surface area (Å²) in [4.78, 5) is 45.1. The molecule has 5 rings (SSSR count). The van der Waals surface area contributed by atoms with Crippen LogP contribution in [0.4, 0.5) is 0 Å². The number of hydrogen-bond acceptors (Lipinski definition) is 8. The van der Waals surface area contributed by atoms with Crippen molar-refractivity contribution in [3.63, 3.8) is 0 Å². The van der Waals surface area contributed by atoms with Gasteiger partial charge in [0.25, 0.3) is 5.56 Å². The number of benzene rings is 1. The summed E-state index contributed by atoms with van der Waals surface area (Å²) < 4.78 is 13.0. The average molecular weight is 536 g/mol. The predicted molar refractivity (Wildman–Crippen MR) is 145 cm³/mol. The molecule has 200 valence electrons. The zero-order chi connectivity index (χ0) is 27.4. The van der Waals surface area contributed by atoms with Crippen LogP contribution in [-0.4, -0.2) is 40.3 Å². The van der Waals surface area contributed by atoms with E-state index in [1.54, 1.807) is 35.8 Å². The third kappa shape index (κ3) is 4.02. The summed E-state index contributed by atoms with van der Waals surface area (Å²) in [7, 11) is -2.18. The van der Waals surface area contributed by atoms with Gasteiger partial charge in [0.15, 0.2) is 0 Å². The van der Waals surface area contributed by atoms with Crippen molar-refractivity contribution >= 4 is 30.9 Å². The first-order chi connectivity index (χ1) is 18.0. The summed E-state index contributed by atoms with van der Waals surface area (Å²) in [6, 6.07) is 9.41. The number of phenolic OH excluding ortho intramolecular Hbond substituents is 1. The van der Waals surface area contributed by atoms with Crippen LogP contribution in [-0.2, 0) is 37.8 Å². The Kier molecular flexibility index (Phi) is 6.43. The first-order valence-corrected chi connectivity index (χ1v) is 16.4. The van der Waals surface area contributed by atoms with Gasteiger partial charge in [-0.1, -0.05) is 45.8 Å². The summed E-state index contributed by atoms with van der Waals surface area (Å²) in [5, 5.41) is 10.6. The molecule has 1 aromatic carbocycles. The number of esters is 2. The number of carbonyl (C=O) groups excluding carboxylic acids is 2. The number of nitrogens with two attached hydrogens (primary N) is 1. The standard InChI is InChI=1S/C28H33N3O6Si/c1-5-7-10-38(3,4)24(29)26(34)37-28(6-2)20-13-22-23-17(11-16-12-18(32)8-9-21(16)30-23)14-31(22)25(33)19(20)15-36-27(28)35/h8-9,11-13,24,32H,5-7,10,14-15,29H2,1-4H3. The Morgan fingerprint density at radius 3 is 2.74 bits per heavy atom. The Labute approximate surface area is 221 Å². The van der Waals surface area contributed by atoms with Crippen LogP contribution in [0.1, 0.15) is 49.8 Å². The summed E-state index contributed by atoms with van der Waals surface area (Å²) >= 11 is 0. The lowest BCUT2D eigenvalue weighted by atomic mass is 9.85. The topological polar surface area (TPSA) is 134 Å². The van der Waals surface area contributed by atoms with Gasteiger partial charge in [-0.2, -0.15) is 0 Å². The second-order valence-corrected chi connectivity index (χ2v) is 16.0. The van der Waals surface area contributed by atoms with Crippen molar-refractivity contribution in [1.29, 1.82) is 0 Å². The maximum absolute atomic E-state index is 13.7. The number of phenols is 1. The minimum Gasteiger partial charge on any atom is -0.508 e. The fraction of sp³-hybridized carbons (Fsp3) is 0.429. The third-order valence-corrected chi connectivity index (χ3v) is 11.6. The summed E-state index contributed by atoms with van der Waals surface area (Å²) in [6.07, 6.45) is 2.06. The molecule has 0 spiro atoms. The van der Waals surface area contributed by atoms with Crippen LogP contribution in [0.2, 0.25) is 19.1 Å². The van der Waals surface area contributed by atoms with Gasteiger partial charge in [0.05, 0.1) is 42.8 Å². The van der Waals surface area contributed by atoms with Gasteiger partial charge in [0, 0.05) is 16.5 Å². The van der Waals surface area contributed by atoms with Crippen molar-refractivity contribution in [2.24, 2.45) is 5.73 Å². The molecular formula is C28H33N3O6Si. The molecule has 4 heterocycles. The number of ether oxygens (including phenoxy) is 2. The molecule has 38 heavy (non-hydrogen) atoms. The lowest BCUT2D eigenvalue weighted by Crippen LogP contribution is -2.57. The highest BCUT2D eigenvalue weighted by Crippen LogP contribution is 2.41. The molecule has 0 fully saturated rings. The number of unbranched alkanes of at least 4 members (excludes halogenated alkanes) is 1. The van der Waals surface area contributed by atoms with Crippen molar-refractivity contribution in [3.8, 4) is 17.1 Å². The summed E-state index contributed by atoms with van der Waals surface area (Å²) in [5.41, 5.74) is 6.78. The molecule has 0 saturated heterocycles. The van der Waals surface area contributed by atoms with E-state index in [1.807, 2.05) is 19.2 Å². The Morgan fingerprint density at radius 1 is 1.26 bits per heavy atom. The van der Waals surface area contributed by atoms with Crippen LogP contribution in [0.15, 0.2) is 35.1 Å². The number of carbonyl (C=O) groups is 2. The van der Waals surface area contributed by atoms with E-state index in [0.29, 0.717) is 29.0 Å². The number of rotatable bonds is 7. The van der Waals surface area contributed by atoms with Gasteiger partial charge in [-0.15, -0.1) is 0 Å². The zero-order valence-electron chi connectivity index (χ0n) is 22.2. The molecule has 0 amide bonds. The van der Waals surface area contributed by atoms with Gasteiger partial charge >= 0.3 is 11.9 Å². The van der Waals surface area contributed by atoms with E-state index in [9.17, 15) is 19.5 Å². The molecule has 3 N–H and O–H groups in total. The molecule has 10 heteroatoms. The highest BCUT2D eigenvalue weighted by Gasteiger charge is 2.52. The largest absolute Gasteiger partial charge is 0.508 e. The van der Waals surface area contributed by atoms with Crippen molar-refractivity contribution in [3.05, 3.63) is 57.4 Å². The van der Waals surface area contributed by atoms with Gasteiger partial charge in [0.1, 0.15) is 12.4 Å². The molecule has 0 aliphatic carbocycles. The maximum atomic E-state index is 13.7. The molecule has 2 aromatic heterocycles. The molecule has 2 unspecified atom stereocenters. The molecule has 2 aliphatic rings. The first kappa shape index (κ1) is 26.1. The number of nitrogens with zero attached hydrogens (tertiary/aromatic N) is 2. The Balaban J connectivity index is 1.61. The van der Waals surface area contributed by atoms with Crippen molar-refractivity contribution < 1.29 is 24.2 Å². The Hall–Kier alpha value is -3.50. The lowest BCUT2D eigenvalue weighted by Gasteiger charge is -2.37. The van der Waals surface area contributed by atoms with Crippen LogP contribution in [0, 0.1) is 0 Å². The molecule has 0 saturated carbocycles. The monoisotopic (exact) mass is 535 g/mol. The number of pyridine rings is 2. The molecule has 2 atom stereocenters. The molecule has 3 aromatic rings. The van der Waals surface area contributed by atoms with Crippen molar-refractivity contribution in [1.82, 2.24) is 9.55 Å². The second kappa shape index (κ2) is 9.35. The lowest BCUT2D eigenvalue weighted by molar-refractivity contribution is -0.189. The molecule has 9 nitrogen and oxygen atoms in total. The summed E-state index contributed by atoms with van der Waals surface area (Å²) in [5.74, 6) is -1.22. The van der Waals surface area contributed by atoms with Gasteiger partial charge in [-0.3, -0.25) is 9.59 Å². The number of cyclic esters (lactones) is 1. The molecule has 0 radical (unpaired) electrons. The van der Waals surface area contributed by atoms with Crippen LogP contribution in [0.3, 0.4) is 0 Å². The van der Waals surface area contributed by atoms with Crippen LogP contribution < -0.4 is 11.3 Å². The fourth-order valence-electron chi connectivity index (χ4n) is 5.47. The first-order valence-electron chi connectivity index (χ1n) is 13.1. The van der Waals surface area contributed by atoms with Crippen LogP contribution in [0.5, 0.6) is 5.75 Å². The highest BCUT2D eigenvalue weighted by molar-refractivity contribution is 6.81. The van der Waals surface area contributed by atoms with E-state index in [0.717, 1.165) is 29.8 Å². The molecule has 0 bridgehead atoms. The molecule has 2 aliphatic heterocycles. The van der Waals surface area contributed by atoms with Gasteiger partial charge in [-0.25, -0.2) is 9.78 Å². The Morgan fingerprint density at radius 2 is 2.03 bits per heavy atom. The van der Waals surface area contributed by atoms with Crippen molar-refractivity contribution in [2.45, 2.75) is 76.7 Å². The number of aromatic nitrogens is 2. The van der Waals surface area contributed by atoms with Gasteiger partial charge < -0.3 is 24.9 Å². The van der Waals surface area contributed by atoms with E-state index in [-0.39, 0.29) is 29.9 Å². The molecular weight excluding hydrogens is 502 g/mol. The maximum Gasteiger partial charge on any atom is 0.355 e. The minimum atomic E-state index is -2.18. The normalized spacial score (nSPS) is 18.9. The van der Waals surface area contributed by atoms with Crippen LogP contribution in [0.25, 0.3) is 22.3 Å². The van der Waals surface area contributed by atoms with E-state index in [2.05, 4.69) is 6.92 Å². The van der Waals surface area contributed by atoms with Crippen LogP contribution >= 0.6 is 0 Å². The average Bonchev–Trinajstić information content (AvgIpc) is 3.25. The fourth-order valence-corrected chi connectivity index (χ4v) is 7.75. The van der Waals surface area contributed by atoms with Gasteiger partial charge in [0.2, 0.25) is 5.60 Å². The van der Waals surface area contributed by atoms with E-state index >= 15 is 0 Å². The number of aromatic hydroxyl groups is 1. The smallest absolute Gasteiger partial charge is 0.355 e. The SMILES string of the molecule is CCCC[Si](C)(C)C(N)C(=O)OC1(CC)C(=O)OCc2c1cc1n(c2=O)Cc2cc3cc(O)ccc3nc2-1. The number of fused-ring (bicyclic) bond motifs is 5. The minimum absolute atomic E-state index is 0.0917. The third-order valence-electron chi connectivity index (χ3n) is 8.00. The van der Waals surface area contributed by atoms with Crippen molar-refractivity contribution in [2.75, 3.05) is 0 Å². The summed E-state index contributed by atoms with van der Waals surface area (Å²) in [6.45, 7) is 8.01. The van der Waals surface area contributed by atoms with E-state index in [1.165, 1.54) is 0 Å². The quantitative estimate of drug-likeness (QED) is 0.270. The zero-order valence-corrected chi connectivity index (χ0v) is 23.2. The predicted octanol–water partition coefficient (Wildman–Crippen LogP) is 3.71. The number of hydrogen-bond donors (Lipinski definition) is 2. The highest BCUT2D eigenvalue weighted by atomic mass is 28.3. The second-order valence-electron chi connectivity index (χ2n) is 10.9. The van der Waals surface area contributed by atoms with E-state index in [4.69, 9.17) is 20.2 Å². The Bertz CT molecular complexity index is 1530.